The maximum atomic E-state index is 12.2. The van der Waals surface area contributed by atoms with Gasteiger partial charge in [-0.1, -0.05) is 0 Å². The number of anilines is 1. The van der Waals surface area contributed by atoms with Crippen LogP contribution in [0.5, 0.6) is 11.5 Å². The first-order valence-electron chi connectivity index (χ1n) is 8.88. The molecule has 2 aromatic rings. The second kappa shape index (κ2) is 10.5. The molecule has 27 heavy (non-hydrogen) atoms. The summed E-state index contributed by atoms with van der Waals surface area (Å²) in [6, 6.07) is 5.58. The standard InChI is InChI=1S/C19H25N3O3S.ClH/c1-24-14-4-5-17(25-2)15(11-14)16-12-26-19(21-16)22-18(23)6-3-13-7-9-20-10-8-13;/h4-5,11-13,20H,3,6-10H2,1-2H3,(H,21,22,23);1H. The van der Waals surface area contributed by atoms with Crippen molar-refractivity contribution >= 4 is 34.8 Å². The van der Waals surface area contributed by atoms with Gasteiger partial charge in [0.25, 0.3) is 0 Å². The van der Waals surface area contributed by atoms with Crippen molar-refractivity contribution in [1.82, 2.24) is 10.3 Å². The Morgan fingerprint density at radius 1 is 1.30 bits per heavy atom. The highest BCUT2D eigenvalue weighted by atomic mass is 35.5. The molecule has 1 amide bonds. The van der Waals surface area contributed by atoms with Crippen LogP contribution in [0.4, 0.5) is 5.13 Å². The predicted molar refractivity (Wildman–Crippen MR) is 111 cm³/mol. The lowest BCUT2D eigenvalue weighted by Gasteiger charge is -2.21. The zero-order valence-corrected chi connectivity index (χ0v) is 17.3. The molecule has 3 rings (SSSR count). The topological polar surface area (TPSA) is 72.5 Å². The molecule has 2 N–H and O–H groups in total. The number of piperidine rings is 1. The summed E-state index contributed by atoms with van der Waals surface area (Å²) in [5.74, 6) is 2.14. The Morgan fingerprint density at radius 2 is 2.07 bits per heavy atom. The number of carbonyl (C=O) groups is 1. The number of thiazole rings is 1. The Balaban J connectivity index is 0.00000261. The van der Waals surface area contributed by atoms with Crippen LogP contribution >= 0.6 is 23.7 Å². The number of benzene rings is 1. The average molecular weight is 412 g/mol. The van der Waals surface area contributed by atoms with Crippen molar-refractivity contribution in [3.05, 3.63) is 23.6 Å². The lowest BCUT2D eigenvalue weighted by Crippen LogP contribution is -2.28. The van der Waals surface area contributed by atoms with E-state index in [9.17, 15) is 4.79 Å². The first kappa shape index (κ1) is 21.5. The Bertz CT molecular complexity index is 748. The van der Waals surface area contributed by atoms with Gasteiger partial charge >= 0.3 is 0 Å². The fraction of sp³-hybridized carbons (Fsp3) is 0.474. The number of hydrogen-bond acceptors (Lipinski definition) is 6. The first-order valence-corrected chi connectivity index (χ1v) is 9.76. The molecule has 1 aliphatic rings. The van der Waals surface area contributed by atoms with E-state index in [2.05, 4.69) is 15.6 Å². The van der Waals surface area contributed by atoms with Gasteiger partial charge in [0.2, 0.25) is 5.91 Å². The number of carbonyl (C=O) groups excluding carboxylic acids is 1. The lowest BCUT2D eigenvalue weighted by molar-refractivity contribution is -0.116. The third-order valence-electron chi connectivity index (χ3n) is 4.67. The summed E-state index contributed by atoms with van der Waals surface area (Å²) in [7, 11) is 3.25. The fourth-order valence-electron chi connectivity index (χ4n) is 3.16. The average Bonchev–Trinajstić information content (AvgIpc) is 3.15. The molecule has 0 bridgehead atoms. The van der Waals surface area contributed by atoms with Crippen LogP contribution in [0.2, 0.25) is 0 Å². The van der Waals surface area contributed by atoms with Crippen LogP contribution < -0.4 is 20.1 Å². The summed E-state index contributed by atoms with van der Waals surface area (Å²) in [4.78, 5) is 16.8. The van der Waals surface area contributed by atoms with E-state index in [0.717, 1.165) is 55.1 Å². The van der Waals surface area contributed by atoms with Gasteiger partial charge < -0.3 is 20.1 Å². The minimum atomic E-state index is 0. The van der Waals surface area contributed by atoms with E-state index in [1.807, 2.05) is 23.6 Å². The Hall–Kier alpha value is -1.83. The van der Waals surface area contributed by atoms with Crippen molar-refractivity contribution in [3.8, 4) is 22.8 Å². The molecule has 0 atom stereocenters. The molecule has 1 saturated heterocycles. The van der Waals surface area contributed by atoms with E-state index < -0.39 is 0 Å². The molecule has 2 heterocycles. The fourth-order valence-corrected chi connectivity index (χ4v) is 3.88. The SMILES string of the molecule is COc1ccc(OC)c(-c2csc(NC(=O)CCC3CCNCC3)n2)c1.Cl. The smallest absolute Gasteiger partial charge is 0.226 e. The van der Waals surface area contributed by atoms with Crippen molar-refractivity contribution in [2.24, 2.45) is 5.92 Å². The number of halogens is 1. The van der Waals surface area contributed by atoms with Gasteiger partial charge in [-0.25, -0.2) is 4.98 Å². The number of methoxy groups -OCH3 is 2. The molecule has 0 spiro atoms. The van der Waals surface area contributed by atoms with Gasteiger partial charge in [-0.2, -0.15) is 0 Å². The molecule has 0 radical (unpaired) electrons. The maximum Gasteiger partial charge on any atom is 0.226 e. The van der Waals surface area contributed by atoms with Crippen LogP contribution in [0.25, 0.3) is 11.3 Å². The van der Waals surface area contributed by atoms with Crippen molar-refractivity contribution in [1.29, 1.82) is 0 Å². The van der Waals surface area contributed by atoms with E-state index in [-0.39, 0.29) is 18.3 Å². The molecule has 0 aliphatic carbocycles. The second-order valence-corrected chi connectivity index (χ2v) is 7.24. The minimum absolute atomic E-state index is 0. The second-order valence-electron chi connectivity index (χ2n) is 6.38. The van der Waals surface area contributed by atoms with Crippen LogP contribution in [0, 0.1) is 5.92 Å². The third kappa shape index (κ3) is 5.82. The van der Waals surface area contributed by atoms with Crippen molar-refractivity contribution < 1.29 is 14.3 Å². The molecular formula is C19H26ClN3O3S. The zero-order chi connectivity index (χ0) is 18.4. The predicted octanol–water partition coefficient (Wildman–Crippen LogP) is 3.97. The molecule has 148 valence electrons. The van der Waals surface area contributed by atoms with Gasteiger partial charge in [-0.15, -0.1) is 23.7 Å². The van der Waals surface area contributed by atoms with Gasteiger partial charge in [0.15, 0.2) is 5.13 Å². The quantitative estimate of drug-likeness (QED) is 0.721. The zero-order valence-electron chi connectivity index (χ0n) is 15.6. The van der Waals surface area contributed by atoms with Gasteiger partial charge in [-0.05, 0) is 56.5 Å². The van der Waals surface area contributed by atoms with Crippen molar-refractivity contribution in [3.63, 3.8) is 0 Å². The Kier molecular flexibility index (Phi) is 8.34. The number of hydrogen-bond donors (Lipinski definition) is 2. The number of nitrogens with zero attached hydrogens (tertiary/aromatic N) is 1. The van der Waals surface area contributed by atoms with Gasteiger partial charge in [0, 0.05) is 17.4 Å². The van der Waals surface area contributed by atoms with Crippen LogP contribution in [0.3, 0.4) is 0 Å². The van der Waals surface area contributed by atoms with Crippen molar-refractivity contribution in [2.75, 3.05) is 32.6 Å². The summed E-state index contributed by atoms with van der Waals surface area (Å²) in [5.41, 5.74) is 1.61. The molecule has 0 saturated carbocycles. The van der Waals surface area contributed by atoms with E-state index >= 15 is 0 Å². The molecule has 1 aromatic heterocycles. The highest BCUT2D eigenvalue weighted by Gasteiger charge is 2.16. The minimum Gasteiger partial charge on any atom is -0.497 e. The number of nitrogens with one attached hydrogen (secondary N) is 2. The Morgan fingerprint density at radius 3 is 2.78 bits per heavy atom. The van der Waals surface area contributed by atoms with Crippen LogP contribution in [-0.4, -0.2) is 38.2 Å². The van der Waals surface area contributed by atoms with Gasteiger partial charge in [0.05, 0.1) is 19.9 Å². The van der Waals surface area contributed by atoms with Crippen LogP contribution in [0.15, 0.2) is 23.6 Å². The van der Waals surface area contributed by atoms with Gasteiger partial charge in [0.1, 0.15) is 11.5 Å². The third-order valence-corrected chi connectivity index (χ3v) is 5.43. The lowest BCUT2D eigenvalue weighted by atomic mass is 9.93. The maximum absolute atomic E-state index is 12.2. The number of aromatic nitrogens is 1. The van der Waals surface area contributed by atoms with E-state index in [4.69, 9.17) is 9.47 Å². The molecule has 1 aliphatic heterocycles. The number of ether oxygens (including phenoxy) is 2. The van der Waals surface area contributed by atoms with E-state index in [1.165, 1.54) is 11.3 Å². The molecule has 6 nitrogen and oxygen atoms in total. The van der Waals surface area contributed by atoms with Gasteiger partial charge in [-0.3, -0.25) is 4.79 Å². The van der Waals surface area contributed by atoms with E-state index in [0.29, 0.717) is 17.5 Å². The van der Waals surface area contributed by atoms with E-state index in [1.54, 1.807) is 14.2 Å². The summed E-state index contributed by atoms with van der Waals surface area (Å²) < 4.78 is 10.7. The Labute approximate surface area is 170 Å². The summed E-state index contributed by atoms with van der Waals surface area (Å²) in [6.45, 7) is 2.12. The normalized spacial score (nSPS) is 14.3. The van der Waals surface area contributed by atoms with Crippen LogP contribution in [0.1, 0.15) is 25.7 Å². The summed E-state index contributed by atoms with van der Waals surface area (Å²) >= 11 is 1.42. The molecule has 0 unspecified atom stereocenters. The molecule has 8 heteroatoms. The number of rotatable bonds is 7. The molecule has 1 fully saturated rings. The summed E-state index contributed by atoms with van der Waals surface area (Å²) in [5, 5.41) is 8.80. The molecular weight excluding hydrogens is 386 g/mol. The van der Waals surface area contributed by atoms with Crippen LogP contribution in [-0.2, 0) is 4.79 Å². The molecule has 1 aromatic carbocycles. The summed E-state index contributed by atoms with van der Waals surface area (Å²) in [6.07, 6.45) is 3.80. The highest BCUT2D eigenvalue weighted by Crippen LogP contribution is 2.35. The van der Waals surface area contributed by atoms with Crippen molar-refractivity contribution in [2.45, 2.75) is 25.7 Å². The largest absolute Gasteiger partial charge is 0.497 e. The monoisotopic (exact) mass is 411 g/mol. The number of amides is 1. The highest BCUT2D eigenvalue weighted by molar-refractivity contribution is 7.14. The first-order chi connectivity index (χ1) is 12.7.